The van der Waals surface area contributed by atoms with E-state index in [2.05, 4.69) is 17.1 Å². The van der Waals surface area contributed by atoms with Crippen LogP contribution < -0.4 is 10.2 Å². The molecule has 1 saturated carbocycles. The lowest BCUT2D eigenvalue weighted by Gasteiger charge is -2.22. The van der Waals surface area contributed by atoms with Crippen molar-refractivity contribution in [3.8, 4) is 0 Å². The minimum atomic E-state index is -0.490. The molecule has 0 heterocycles. The highest BCUT2D eigenvalue weighted by Crippen LogP contribution is 2.29. The van der Waals surface area contributed by atoms with Crippen molar-refractivity contribution in [2.24, 2.45) is 5.92 Å². The average Bonchev–Trinajstić information content (AvgIpc) is 2.85. The fourth-order valence-corrected chi connectivity index (χ4v) is 2.55. The minimum absolute atomic E-state index is 0.0676. The Kier molecular flexibility index (Phi) is 4.43. The predicted octanol–water partition coefficient (Wildman–Crippen LogP) is 2.24. The Balaban J connectivity index is 2.12. The van der Waals surface area contributed by atoms with Crippen LogP contribution >= 0.6 is 0 Å². The molecule has 2 rings (SSSR count). The molecule has 1 aromatic carbocycles. The van der Waals surface area contributed by atoms with Gasteiger partial charge in [-0.1, -0.05) is 12.1 Å². The summed E-state index contributed by atoms with van der Waals surface area (Å²) in [5, 5.41) is 12.7. The topological polar surface area (TPSA) is 52.6 Å². The third-order valence-corrected chi connectivity index (χ3v) is 3.86. The highest BCUT2D eigenvalue weighted by molar-refractivity contribution is 5.96. The lowest BCUT2D eigenvalue weighted by atomic mass is 10.1. The Labute approximate surface area is 114 Å². The number of hydrogen-bond donors (Lipinski definition) is 2. The summed E-state index contributed by atoms with van der Waals surface area (Å²) in [4.78, 5) is 14.3. The maximum atomic E-state index is 12.2. The highest BCUT2D eigenvalue weighted by atomic mass is 16.3. The van der Waals surface area contributed by atoms with Crippen molar-refractivity contribution < 1.29 is 9.90 Å². The Morgan fingerprint density at radius 2 is 2.16 bits per heavy atom. The van der Waals surface area contributed by atoms with Gasteiger partial charge < -0.3 is 15.3 Å². The molecule has 0 saturated heterocycles. The van der Waals surface area contributed by atoms with Crippen LogP contribution in [-0.4, -0.2) is 30.7 Å². The average molecular weight is 262 g/mol. The second-order valence-corrected chi connectivity index (χ2v) is 5.13. The molecule has 1 aromatic rings. The quantitative estimate of drug-likeness (QED) is 0.875. The largest absolute Gasteiger partial charge is 0.392 e. The third kappa shape index (κ3) is 3.07. The molecule has 0 bridgehead atoms. The molecule has 0 aliphatic heterocycles. The zero-order chi connectivity index (χ0) is 13.8. The van der Waals surface area contributed by atoms with E-state index in [-0.39, 0.29) is 11.8 Å². The van der Waals surface area contributed by atoms with Gasteiger partial charge in [-0.2, -0.15) is 0 Å². The molecule has 1 amide bonds. The zero-order valence-corrected chi connectivity index (χ0v) is 11.6. The smallest absolute Gasteiger partial charge is 0.230 e. The second-order valence-electron chi connectivity index (χ2n) is 5.13. The van der Waals surface area contributed by atoms with Crippen LogP contribution in [0.3, 0.4) is 0 Å². The molecular weight excluding hydrogens is 240 g/mol. The van der Waals surface area contributed by atoms with Gasteiger partial charge >= 0.3 is 0 Å². The van der Waals surface area contributed by atoms with Gasteiger partial charge in [-0.05, 0) is 38.3 Å². The van der Waals surface area contributed by atoms with Crippen molar-refractivity contribution in [2.45, 2.75) is 32.3 Å². The first-order valence-corrected chi connectivity index (χ1v) is 6.92. The monoisotopic (exact) mass is 262 g/mol. The van der Waals surface area contributed by atoms with Crippen molar-refractivity contribution in [1.82, 2.24) is 0 Å². The predicted molar refractivity (Wildman–Crippen MR) is 77.4 cm³/mol. The molecule has 19 heavy (non-hydrogen) atoms. The number of anilines is 2. The summed E-state index contributed by atoms with van der Waals surface area (Å²) in [6, 6.07) is 7.76. The van der Waals surface area contributed by atoms with Crippen LogP contribution in [-0.2, 0) is 4.79 Å². The number of amides is 1. The fraction of sp³-hybridized carbons (Fsp3) is 0.533. The van der Waals surface area contributed by atoms with E-state index in [1.54, 1.807) is 0 Å². The van der Waals surface area contributed by atoms with Crippen LogP contribution in [0.25, 0.3) is 0 Å². The Bertz CT molecular complexity index is 448. The SMILES string of the molecule is CCN(C)c1ccccc1NC(=O)C1CCCC1O. The number of aliphatic hydroxyl groups excluding tert-OH is 1. The van der Waals surface area contributed by atoms with Crippen LogP contribution in [0.4, 0.5) is 11.4 Å². The first-order valence-electron chi connectivity index (χ1n) is 6.92. The van der Waals surface area contributed by atoms with E-state index in [9.17, 15) is 9.90 Å². The molecule has 0 spiro atoms. The maximum absolute atomic E-state index is 12.2. The van der Waals surface area contributed by atoms with E-state index < -0.39 is 6.10 Å². The van der Waals surface area contributed by atoms with E-state index in [1.165, 1.54) is 0 Å². The third-order valence-electron chi connectivity index (χ3n) is 3.86. The van der Waals surface area contributed by atoms with Gasteiger partial charge in [-0.3, -0.25) is 4.79 Å². The highest BCUT2D eigenvalue weighted by Gasteiger charge is 2.31. The van der Waals surface area contributed by atoms with Crippen LogP contribution in [0.2, 0.25) is 0 Å². The summed E-state index contributed by atoms with van der Waals surface area (Å²) in [5.74, 6) is -0.332. The lowest BCUT2D eigenvalue weighted by Crippen LogP contribution is -2.29. The van der Waals surface area contributed by atoms with Crippen molar-refractivity contribution >= 4 is 17.3 Å². The first-order chi connectivity index (χ1) is 9.13. The summed E-state index contributed by atoms with van der Waals surface area (Å²) in [7, 11) is 2.00. The summed E-state index contributed by atoms with van der Waals surface area (Å²) < 4.78 is 0. The summed E-state index contributed by atoms with van der Waals surface area (Å²) >= 11 is 0. The van der Waals surface area contributed by atoms with Gasteiger partial charge in [0.05, 0.1) is 23.4 Å². The number of para-hydroxylation sites is 2. The van der Waals surface area contributed by atoms with Gasteiger partial charge in [0.2, 0.25) is 5.91 Å². The number of rotatable bonds is 4. The van der Waals surface area contributed by atoms with Crippen LogP contribution in [0, 0.1) is 5.92 Å². The first kappa shape index (κ1) is 13.9. The number of aliphatic hydroxyl groups is 1. The number of carbonyl (C=O) groups is 1. The van der Waals surface area contributed by atoms with Gasteiger partial charge in [0, 0.05) is 13.6 Å². The molecule has 1 fully saturated rings. The Morgan fingerprint density at radius 1 is 1.42 bits per heavy atom. The van der Waals surface area contributed by atoms with Gasteiger partial charge in [0.25, 0.3) is 0 Å². The summed E-state index contributed by atoms with van der Waals surface area (Å²) in [6.45, 7) is 2.94. The molecule has 2 unspecified atom stereocenters. The van der Waals surface area contributed by atoms with Crippen molar-refractivity contribution in [3.63, 3.8) is 0 Å². The van der Waals surface area contributed by atoms with E-state index in [0.29, 0.717) is 0 Å². The number of benzene rings is 1. The van der Waals surface area contributed by atoms with Crippen molar-refractivity contribution in [1.29, 1.82) is 0 Å². The fourth-order valence-electron chi connectivity index (χ4n) is 2.55. The van der Waals surface area contributed by atoms with E-state index in [0.717, 1.165) is 37.2 Å². The number of nitrogens with one attached hydrogen (secondary N) is 1. The number of carbonyl (C=O) groups excluding carboxylic acids is 1. The molecule has 0 radical (unpaired) electrons. The maximum Gasteiger partial charge on any atom is 0.230 e. The van der Waals surface area contributed by atoms with E-state index in [4.69, 9.17) is 0 Å². The molecule has 104 valence electrons. The zero-order valence-electron chi connectivity index (χ0n) is 11.6. The molecular formula is C15H22N2O2. The van der Waals surface area contributed by atoms with Crippen LogP contribution in [0.15, 0.2) is 24.3 Å². The Hall–Kier alpha value is -1.55. The summed E-state index contributed by atoms with van der Waals surface area (Å²) in [6.07, 6.45) is 1.94. The standard InChI is InChI=1S/C15H22N2O2/c1-3-17(2)13-9-5-4-8-12(13)16-15(19)11-7-6-10-14(11)18/h4-5,8-9,11,14,18H,3,6-7,10H2,1-2H3,(H,16,19). The molecule has 1 aliphatic rings. The number of nitrogens with zero attached hydrogens (tertiary/aromatic N) is 1. The lowest BCUT2D eigenvalue weighted by molar-refractivity contribution is -0.122. The minimum Gasteiger partial charge on any atom is -0.392 e. The van der Waals surface area contributed by atoms with Crippen LogP contribution in [0.5, 0.6) is 0 Å². The van der Waals surface area contributed by atoms with Crippen LogP contribution in [0.1, 0.15) is 26.2 Å². The normalized spacial score (nSPS) is 22.3. The molecule has 4 nitrogen and oxygen atoms in total. The van der Waals surface area contributed by atoms with E-state index in [1.807, 2.05) is 31.3 Å². The Morgan fingerprint density at radius 3 is 2.79 bits per heavy atom. The summed E-state index contributed by atoms with van der Waals surface area (Å²) in [5.41, 5.74) is 1.82. The van der Waals surface area contributed by atoms with Gasteiger partial charge in [0.1, 0.15) is 0 Å². The molecule has 0 aromatic heterocycles. The van der Waals surface area contributed by atoms with Gasteiger partial charge in [-0.15, -0.1) is 0 Å². The molecule has 2 atom stereocenters. The second kappa shape index (κ2) is 6.06. The molecule has 2 N–H and O–H groups in total. The van der Waals surface area contributed by atoms with E-state index >= 15 is 0 Å². The molecule has 1 aliphatic carbocycles. The van der Waals surface area contributed by atoms with Crippen molar-refractivity contribution in [3.05, 3.63) is 24.3 Å². The van der Waals surface area contributed by atoms with Crippen molar-refractivity contribution in [2.75, 3.05) is 23.8 Å². The van der Waals surface area contributed by atoms with Gasteiger partial charge in [0.15, 0.2) is 0 Å². The molecule has 4 heteroatoms. The van der Waals surface area contributed by atoms with Gasteiger partial charge in [-0.25, -0.2) is 0 Å². The number of hydrogen-bond acceptors (Lipinski definition) is 3.